The van der Waals surface area contributed by atoms with Crippen LogP contribution < -0.4 is 35.6 Å². The lowest BCUT2D eigenvalue weighted by Gasteiger charge is -2.31. The number of piperazine rings is 1. The number of rotatable bonds is 11. The molecular weight excluding hydrogens is 556 g/mol. The van der Waals surface area contributed by atoms with Crippen LogP contribution in [0.25, 0.3) is 0 Å². The summed E-state index contributed by atoms with van der Waals surface area (Å²) in [5.74, 6) is 1.69. The number of amides is 1. The molecule has 0 spiro atoms. The highest BCUT2D eigenvalue weighted by molar-refractivity contribution is 6.32. The number of ether oxygens (including phenoxy) is 2. The fraction of sp³-hybridized carbons (Fsp3) is 0.200. The van der Waals surface area contributed by atoms with Crippen molar-refractivity contribution in [2.45, 2.75) is 6.61 Å². The Morgan fingerprint density at radius 3 is 2.64 bits per heavy atom. The molecule has 0 radical (unpaired) electrons. The molecule has 1 aliphatic heterocycles. The van der Waals surface area contributed by atoms with Crippen LogP contribution in [0, 0.1) is 0 Å². The number of carbonyl (C=O) groups is 1. The predicted octanol–water partition coefficient (Wildman–Crippen LogP) is 5.13. The molecule has 216 valence electrons. The van der Waals surface area contributed by atoms with Crippen molar-refractivity contribution in [1.29, 1.82) is 0 Å². The van der Waals surface area contributed by atoms with E-state index in [9.17, 15) is 4.79 Å². The summed E-state index contributed by atoms with van der Waals surface area (Å²) in [6.45, 7) is 7.17. The Labute approximate surface area is 249 Å². The zero-order valence-electron chi connectivity index (χ0n) is 23.1. The lowest BCUT2D eigenvalue weighted by Crippen LogP contribution is -2.43. The Bertz CT molecular complexity index is 1550. The number of nitrogens with zero attached hydrogens (tertiary/aromatic N) is 4. The first-order valence-corrected chi connectivity index (χ1v) is 13.7. The molecule has 42 heavy (non-hydrogen) atoms. The van der Waals surface area contributed by atoms with Gasteiger partial charge in [-0.3, -0.25) is 9.78 Å². The van der Waals surface area contributed by atoms with Gasteiger partial charge in [0.2, 0.25) is 11.9 Å². The van der Waals surface area contributed by atoms with Crippen LogP contribution >= 0.6 is 11.6 Å². The van der Waals surface area contributed by atoms with Gasteiger partial charge in [-0.2, -0.15) is 4.98 Å². The van der Waals surface area contributed by atoms with Gasteiger partial charge in [0.15, 0.2) is 0 Å². The zero-order valence-corrected chi connectivity index (χ0v) is 23.8. The number of nitrogens with one attached hydrogen (secondary N) is 4. The first-order valence-electron chi connectivity index (χ1n) is 13.3. The monoisotopic (exact) mass is 586 g/mol. The molecule has 0 aliphatic carbocycles. The molecule has 0 saturated carbocycles. The fourth-order valence-electron chi connectivity index (χ4n) is 4.37. The van der Waals surface area contributed by atoms with Crippen LogP contribution in [0.15, 0.2) is 79.6 Å². The normalized spacial score (nSPS) is 12.8. The average Bonchev–Trinajstić information content (AvgIpc) is 3.02. The average molecular weight is 587 g/mol. The molecule has 12 heteroatoms. The molecule has 0 unspecified atom stereocenters. The van der Waals surface area contributed by atoms with Crippen molar-refractivity contribution in [2.24, 2.45) is 0 Å². The third kappa shape index (κ3) is 7.25. The van der Waals surface area contributed by atoms with E-state index >= 15 is 0 Å². The first kappa shape index (κ1) is 28.7. The van der Waals surface area contributed by atoms with Crippen LogP contribution in [0.3, 0.4) is 0 Å². The molecule has 1 aliphatic rings. The number of methoxy groups -OCH3 is 1. The van der Waals surface area contributed by atoms with E-state index in [-0.39, 0.29) is 5.91 Å². The van der Waals surface area contributed by atoms with Crippen LogP contribution in [0.4, 0.5) is 34.5 Å². The van der Waals surface area contributed by atoms with Crippen LogP contribution in [0.2, 0.25) is 5.02 Å². The minimum absolute atomic E-state index is 0.309. The van der Waals surface area contributed by atoms with Gasteiger partial charge in [-0.25, -0.2) is 4.98 Å². The number of hydrogen-bond acceptors (Lipinski definition) is 10. The lowest BCUT2D eigenvalue weighted by atomic mass is 10.1. The summed E-state index contributed by atoms with van der Waals surface area (Å²) in [6.07, 6.45) is 4.59. The van der Waals surface area contributed by atoms with Gasteiger partial charge in [-0.05, 0) is 48.5 Å². The fourth-order valence-corrected chi connectivity index (χ4v) is 4.61. The quantitative estimate of drug-likeness (QED) is 0.176. The second-order valence-corrected chi connectivity index (χ2v) is 9.68. The maximum atomic E-state index is 12.2. The topological polar surface area (TPSA) is 126 Å². The van der Waals surface area contributed by atoms with Gasteiger partial charge in [0.1, 0.15) is 23.9 Å². The summed E-state index contributed by atoms with van der Waals surface area (Å²) in [5, 5.41) is 13.2. The van der Waals surface area contributed by atoms with Gasteiger partial charge >= 0.3 is 0 Å². The van der Waals surface area contributed by atoms with E-state index in [1.807, 2.05) is 36.4 Å². The summed E-state index contributed by atoms with van der Waals surface area (Å²) in [7, 11) is 1.59. The molecule has 1 fully saturated rings. The van der Waals surface area contributed by atoms with Crippen LogP contribution in [-0.4, -0.2) is 54.1 Å². The molecular formula is C30H31ClN8O3. The van der Waals surface area contributed by atoms with Gasteiger partial charge in [0, 0.05) is 50.3 Å². The van der Waals surface area contributed by atoms with Crippen LogP contribution in [-0.2, 0) is 11.4 Å². The van der Waals surface area contributed by atoms with E-state index in [2.05, 4.69) is 47.7 Å². The number of anilines is 6. The molecule has 1 amide bonds. The predicted molar refractivity (Wildman–Crippen MR) is 166 cm³/mol. The Morgan fingerprint density at radius 1 is 1.05 bits per heavy atom. The molecule has 1 saturated heterocycles. The molecule has 0 bridgehead atoms. The van der Waals surface area contributed by atoms with E-state index in [1.54, 1.807) is 37.7 Å². The number of carbonyl (C=O) groups excluding carboxylic acids is 1. The van der Waals surface area contributed by atoms with Gasteiger partial charge in [-0.1, -0.05) is 24.2 Å². The van der Waals surface area contributed by atoms with E-state index in [0.29, 0.717) is 46.3 Å². The highest BCUT2D eigenvalue weighted by atomic mass is 35.5. The number of halogens is 1. The molecule has 11 nitrogen and oxygen atoms in total. The molecule has 4 aromatic rings. The van der Waals surface area contributed by atoms with Crippen molar-refractivity contribution in [1.82, 2.24) is 20.3 Å². The number of aromatic nitrogens is 3. The van der Waals surface area contributed by atoms with Crippen molar-refractivity contribution in [3.63, 3.8) is 0 Å². The largest absolute Gasteiger partial charge is 0.494 e. The van der Waals surface area contributed by atoms with Crippen molar-refractivity contribution in [3.8, 4) is 11.5 Å². The number of hydrogen-bond donors (Lipinski definition) is 4. The lowest BCUT2D eigenvalue weighted by molar-refractivity contribution is -0.111. The Balaban J connectivity index is 1.32. The Morgan fingerprint density at radius 2 is 1.90 bits per heavy atom. The smallest absolute Gasteiger partial charge is 0.247 e. The zero-order chi connectivity index (χ0) is 29.3. The minimum atomic E-state index is -0.309. The highest BCUT2D eigenvalue weighted by Crippen LogP contribution is 2.38. The standard InChI is InChI=1S/C30H31ClN8O3/c1-3-29(40)36-23-17-24(27(41-2)18-25(23)39-14-12-32-13-15-39)37-30-34-11-9-28(38-30)35-20-7-8-26(22(31)16-20)42-19-21-6-4-5-10-33-21/h3-11,16-18,32H,1,12-15,19H2,2H3,(H,36,40)(H2,34,35,37,38). The third-order valence-electron chi connectivity index (χ3n) is 6.43. The van der Waals surface area contributed by atoms with Crippen molar-refractivity contribution in [3.05, 3.63) is 90.4 Å². The molecule has 5 rings (SSSR count). The van der Waals surface area contributed by atoms with Gasteiger partial charge in [-0.15, -0.1) is 0 Å². The third-order valence-corrected chi connectivity index (χ3v) is 6.72. The maximum Gasteiger partial charge on any atom is 0.247 e. The molecule has 2 aromatic carbocycles. The summed E-state index contributed by atoms with van der Waals surface area (Å²) in [5.41, 5.74) is 3.60. The highest BCUT2D eigenvalue weighted by Gasteiger charge is 2.19. The van der Waals surface area contributed by atoms with E-state index in [4.69, 9.17) is 21.1 Å². The van der Waals surface area contributed by atoms with E-state index < -0.39 is 0 Å². The molecule has 2 aromatic heterocycles. The Kier molecular flexibility index (Phi) is 9.32. The second-order valence-electron chi connectivity index (χ2n) is 9.27. The van der Waals surface area contributed by atoms with Crippen LogP contribution in [0.1, 0.15) is 5.69 Å². The summed E-state index contributed by atoms with van der Waals surface area (Å²) >= 11 is 6.48. The first-order chi connectivity index (χ1) is 20.5. The number of benzene rings is 2. The second kappa shape index (κ2) is 13.7. The molecule has 3 heterocycles. The van der Waals surface area contributed by atoms with E-state index in [1.165, 1.54) is 6.08 Å². The van der Waals surface area contributed by atoms with Crippen molar-refractivity contribution >= 4 is 52.0 Å². The Hall–Kier alpha value is -4.87. The molecule has 0 atom stereocenters. The molecule has 4 N–H and O–H groups in total. The summed E-state index contributed by atoms with van der Waals surface area (Å²) in [4.78, 5) is 27.7. The van der Waals surface area contributed by atoms with Gasteiger partial charge in [0.05, 0.1) is 34.9 Å². The SMILES string of the molecule is C=CC(=O)Nc1cc(Nc2nccc(Nc3ccc(OCc4ccccn4)c(Cl)c3)n2)c(OC)cc1N1CCNCC1. The maximum absolute atomic E-state index is 12.2. The summed E-state index contributed by atoms with van der Waals surface area (Å²) < 4.78 is 11.5. The van der Waals surface area contributed by atoms with Gasteiger partial charge in [0.25, 0.3) is 0 Å². The van der Waals surface area contributed by atoms with Crippen molar-refractivity contribution < 1.29 is 14.3 Å². The van der Waals surface area contributed by atoms with Crippen LogP contribution in [0.5, 0.6) is 11.5 Å². The van der Waals surface area contributed by atoms with Gasteiger partial charge < -0.3 is 35.6 Å². The minimum Gasteiger partial charge on any atom is -0.494 e. The van der Waals surface area contributed by atoms with Crippen molar-refractivity contribution in [2.75, 3.05) is 54.1 Å². The van der Waals surface area contributed by atoms with E-state index in [0.717, 1.165) is 43.2 Å². The summed E-state index contributed by atoms with van der Waals surface area (Å²) in [6, 6.07) is 16.5. The number of pyridine rings is 1.